The fourth-order valence-electron chi connectivity index (χ4n) is 3.40. The highest BCUT2D eigenvalue weighted by Gasteiger charge is 2.18. The molecule has 1 N–H and O–H groups in total. The summed E-state index contributed by atoms with van der Waals surface area (Å²) in [7, 11) is 0. The van der Waals surface area contributed by atoms with Gasteiger partial charge in [0.05, 0.1) is 13.2 Å². The Labute approximate surface area is 192 Å². The molecular weight excluding hydrogens is 420 g/mol. The molecule has 170 valence electrons. The zero-order valence-electron chi connectivity index (χ0n) is 18.2. The molecule has 0 aromatic heterocycles. The molecule has 4 rings (SSSR count). The maximum Gasteiger partial charge on any atom is 0.262 e. The van der Waals surface area contributed by atoms with Crippen molar-refractivity contribution >= 4 is 17.5 Å². The van der Waals surface area contributed by atoms with Gasteiger partial charge < -0.3 is 24.4 Å². The normalized spacial score (nSPS) is 13.3. The molecule has 7 heteroatoms. The van der Waals surface area contributed by atoms with E-state index in [1.807, 2.05) is 30.3 Å². The van der Waals surface area contributed by atoms with Crippen LogP contribution in [0.4, 0.5) is 5.69 Å². The van der Waals surface area contributed by atoms with Gasteiger partial charge in [0.2, 0.25) is 0 Å². The van der Waals surface area contributed by atoms with Gasteiger partial charge in [-0.1, -0.05) is 36.4 Å². The first-order valence-corrected chi connectivity index (χ1v) is 10.8. The summed E-state index contributed by atoms with van der Waals surface area (Å²) in [5.41, 5.74) is 2.17. The van der Waals surface area contributed by atoms with E-state index in [1.165, 1.54) is 0 Å². The lowest BCUT2D eigenvalue weighted by molar-refractivity contribution is -0.118. The second kappa shape index (κ2) is 11.2. The summed E-state index contributed by atoms with van der Waals surface area (Å²) in [6.45, 7) is 2.56. The molecule has 0 spiro atoms. The fourth-order valence-corrected chi connectivity index (χ4v) is 3.40. The van der Waals surface area contributed by atoms with Gasteiger partial charge in [0.25, 0.3) is 11.8 Å². The lowest BCUT2D eigenvalue weighted by Crippen LogP contribution is -2.40. The Kier molecular flexibility index (Phi) is 7.56. The van der Waals surface area contributed by atoms with Gasteiger partial charge in [0, 0.05) is 24.3 Å². The predicted molar refractivity (Wildman–Crippen MR) is 125 cm³/mol. The molecule has 1 fully saturated rings. The van der Waals surface area contributed by atoms with Crippen molar-refractivity contribution in [3.8, 4) is 11.5 Å². The molecule has 2 amide bonds. The van der Waals surface area contributed by atoms with Gasteiger partial charge >= 0.3 is 0 Å². The molecule has 0 bridgehead atoms. The van der Waals surface area contributed by atoms with Crippen LogP contribution in [0.15, 0.2) is 78.9 Å². The molecule has 0 radical (unpaired) electrons. The van der Waals surface area contributed by atoms with Gasteiger partial charge in [0.15, 0.2) is 6.61 Å². The quantitative estimate of drug-likeness (QED) is 0.570. The molecule has 1 aliphatic heterocycles. The van der Waals surface area contributed by atoms with Gasteiger partial charge in [-0.15, -0.1) is 0 Å². The van der Waals surface area contributed by atoms with Crippen molar-refractivity contribution in [1.82, 2.24) is 4.90 Å². The van der Waals surface area contributed by atoms with Crippen LogP contribution in [0.5, 0.6) is 11.5 Å². The first kappa shape index (κ1) is 22.4. The number of morpholine rings is 1. The van der Waals surface area contributed by atoms with E-state index in [1.54, 1.807) is 53.4 Å². The van der Waals surface area contributed by atoms with Crippen molar-refractivity contribution < 1.29 is 23.8 Å². The molecule has 3 aromatic carbocycles. The van der Waals surface area contributed by atoms with Crippen molar-refractivity contribution in [3.05, 3.63) is 90.0 Å². The smallest absolute Gasteiger partial charge is 0.262 e. The van der Waals surface area contributed by atoms with Crippen LogP contribution in [-0.2, 0) is 16.1 Å². The average Bonchev–Trinajstić information content (AvgIpc) is 2.88. The summed E-state index contributed by atoms with van der Waals surface area (Å²) in [5.74, 6) is 0.904. The van der Waals surface area contributed by atoms with E-state index in [0.29, 0.717) is 49.9 Å². The molecular formula is C26H26N2O5. The summed E-state index contributed by atoms with van der Waals surface area (Å²) in [4.78, 5) is 26.7. The van der Waals surface area contributed by atoms with E-state index in [9.17, 15) is 9.59 Å². The molecule has 7 nitrogen and oxygen atoms in total. The minimum atomic E-state index is -0.310. The number of nitrogens with one attached hydrogen (secondary N) is 1. The van der Waals surface area contributed by atoms with Crippen molar-refractivity contribution in [2.75, 3.05) is 38.2 Å². The maximum absolute atomic E-state index is 12.6. The number of carbonyl (C=O) groups is 2. The van der Waals surface area contributed by atoms with Gasteiger partial charge in [-0.2, -0.15) is 0 Å². The van der Waals surface area contributed by atoms with Crippen LogP contribution in [0, 0.1) is 0 Å². The highest BCUT2D eigenvalue weighted by molar-refractivity contribution is 5.97. The Balaban J connectivity index is 1.25. The highest BCUT2D eigenvalue weighted by Crippen LogP contribution is 2.19. The summed E-state index contributed by atoms with van der Waals surface area (Å²) in [5, 5.41) is 2.78. The first-order valence-electron chi connectivity index (χ1n) is 10.8. The molecule has 0 atom stereocenters. The molecule has 0 unspecified atom stereocenters. The van der Waals surface area contributed by atoms with Gasteiger partial charge in [-0.25, -0.2) is 0 Å². The SMILES string of the molecule is O=C(COc1ccc(OCc2ccccc2)cc1)Nc1cccc(C(=O)N2CCOCC2)c1. The number of hydrogen-bond donors (Lipinski definition) is 1. The molecule has 3 aromatic rings. The Bertz CT molecular complexity index is 1060. The zero-order chi connectivity index (χ0) is 22.9. The second-order valence-electron chi connectivity index (χ2n) is 7.57. The van der Waals surface area contributed by atoms with Crippen LogP contribution in [-0.4, -0.2) is 49.6 Å². The Morgan fingerprint density at radius 1 is 0.848 bits per heavy atom. The van der Waals surface area contributed by atoms with Crippen molar-refractivity contribution in [1.29, 1.82) is 0 Å². The molecule has 1 aliphatic rings. The number of carbonyl (C=O) groups excluding carboxylic acids is 2. The Morgan fingerprint density at radius 2 is 1.55 bits per heavy atom. The minimum absolute atomic E-state index is 0.0692. The molecule has 1 saturated heterocycles. The van der Waals surface area contributed by atoms with Crippen LogP contribution >= 0.6 is 0 Å². The molecule has 33 heavy (non-hydrogen) atoms. The first-order chi connectivity index (χ1) is 16.2. The van der Waals surface area contributed by atoms with Crippen LogP contribution in [0.2, 0.25) is 0 Å². The number of hydrogen-bond acceptors (Lipinski definition) is 5. The standard InChI is InChI=1S/C26H26N2O5/c29-25(27-22-8-4-7-21(17-22)26(30)28-13-15-31-16-14-28)19-33-24-11-9-23(10-12-24)32-18-20-5-2-1-3-6-20/h1-12,17H,13-16,18-19H2,(H,27,29). The number of benzene rings is 3. The van der Waals surface area contributed by atoms with Crippen LogP contribution in [0.3, 0.4) is 0 Å². The number of amides is 2. The van der Waals surface area contributed by atoms with E-state index >= 15 is 0 Å². The third-order valence-corrected chi connectivity index (χ3v) is 5.13. The Morgan fingerprint density at radius 3 is 2.27 bits per heavy atom. The lowest BCUT2D eigenvalue weighted by Gasteiger charge is -2.27. The van der Waals surface area contributed by atoms with Gasteiger partial charge in [-0.3, -0.25) is 9.59 Å². The van der Waals surface area contributed by atoms with Crippen molar-refractivity contribution in [2.24, 2.45) is 0 Å². The van der Waals surface area contributed by atoms with Gasteiger partial charge in [0.1, 0.15) is 18.1 Å². The number of anilines is 1. The maximum atomic E-state index is 12.6. The third kappa shape index (κ3) is 6.57. The third-order valence-electron chi connectivity index (χ3n) is 5.13. The summed E-state index contributed by atoms with van der Waals surface area (Å²) < 4.78 is 16.6. The largest absolute Gasteiger partial charge is 0.489 e. The highest BCUT2D eigenvalue weighted by atomic mass is 16.5. The van der Waals surface area contributed by atoms with E-state index < -0.39 is 0 Å². The van der Waals surface area contributed by atoms with Crippen LogP contribution < -0.4 is 14.8 Å². The van der Waals surface area contributed by atoms with E-state index in [4.69, 9.17) is 14.2 Å². The Hall–Kier alpha value is -3.84. The van der Waals surface area contributed by atoms with Crippen LogP contribution in [0.25, 0.3) is 0 Å². The monoisotopic (exact) mass is 446 g/mol. The van der Waals surface area contributed by atoms with E-state index in [-0.39, 0.29) is 18.4 Å². The lowest BCUT2D eigenvalue weighted by atomic mass is 10.1. The summed E-state index contributed by atoms with van der Waals surface area (Å²) >= 11 is 0. The average molecular weight is 447 g/mol. The molecule has 0 aliphatic carbocycles. The number of nitrogens with zero attached hydrogens (tertiary/aromatic N) is 1. The number of rotatable bonds is 8. The van der Waals surface area contributed by atoms with Gasteiger partial charge in [-0.05, 0) is 48.0 Å². The van der Waals surface area contributed by atoms with E-state index in [2.05, 4.69) is 5.32 Å². The predicted octanol–water partition coefficient (Wildman–Crippen LogP) is 3.76. The molecule has 1 heterocycles. The topological polar surface area (TPSA) is 77.1 Å². The summed E-state index contributed by atoms with van der Waals surface area (Å²) in [6.07, 6.45) is 0. The fraction of sp³-hybridized carbons (Fsp3) is 0.231. The van der Waals surface area contributed by atoms with Crippen molar-refractivity contribution in [3.63, 3.8) is 0 Å². The van der Waals surface area contributed by atoms with Crippen molar-refractivity contribution in [2.45, 2.75) is 6.61 Å². The van der Waals surface area contributed by atoms with E-state index in [0.717, 1.165) is 11.3 Å². The number of ether oxygens (including phenoxy) is 3. The second-order valence-corrected chi connectivity index (χ2v) is 7.57. The van der Waals surface area contributed by atoms with Crippen LogP contribution in [0.1, 0.15) is 15.9 Å². The minimum Gasteiger partial charge on any atom is -0.489 e. The molecule has 0 saturated carbocycles. The summed E-state index contributed by atoms with van der Waals surface area (Å²) in [6, 6.07) is 23.9. The zero-order valence-corrected chi connectivity index (χ0v) is 18.2.